The Morgan fingerprint density at radius 1 is 0.929 bits per heavy atom. The number of benzene rings is 2. The van der Waals surface area contributed by atoms with E-state index in [1.54, 1.807) is 0 Å². The van der Waals surface area contributed by atoms with Gasteiger partial charge in [-0.1, -0.05) is 36.4 Å². The standard InChI is InChI=1S/C22H23N3O2S/c26-21(25-14-12-24(13-15-25)18-7-2-1-3-8-18)10-11-23-22(27)20-16-17-6-4-5-9-19(17)28-20/h1-9,16H,10-15H2,(H,23,27). The van der Waals surface area contributed by atoms with Gasteiger partial charge in [-0.2, -0.15) is 0 Å². The molecule has 0 radical (unpaired) electrons. The Bertz CT molecular complexity index is 929. The number of amides is 2. The van der Waals surface area contributed by atoms with Gasteiger partial charge in [-0.05, 0) is 29.7 Å². The Hall–Kier alpha value is -2.86. The molecular weight excluding hydrogens is 370 g/mol. The van der Waals surface area contributed by atoms with Gasteiger partial charge in [0.2, 0.25) is 5.91 Å². The van der Waals surface area contributed by atoms with E-state index < -0.39 is 0 Å². The number of para-hydroxylation sites is 1. The third-order valence-corrected chi connectivity index (χ3v) is 6.14. The van der Waals surface area contributed by atoms with Crippen molar-refractivity contribution in [2.45, 2.75) is 6.42 Å². The van der Waals surface area contributed by atoms with Crippen LogP contribution in [-0.2, 0) is 4.79 Å². The number of carbonyl (C=O) groups is 2. The molecule has 0 unspecified atom stereocenters. The van der Waals surface area contributed by atoms with E-state index in [0.717, 1.165) is 36.3 Å². The van der Waals surface area contributed by atoms with Crippen molar-refractivity contribution in [2.75, 3.05) is 37.6 Å². The highest BCUT2D eigenvalue weighted by atomic mass is 32.1. The first-order valence-corrected chi connectivity index (χ1v) is 10.4. The van der Waals surface area contributed by atoms with Crippen LogP contribution >= 0.6 is 11.3 Å². The molecule has 2 heterocycles. The summed E-state index contributed by atoms with van der Waals surface area (Å²) in [5.41, 5.74) is 1.20. The minimum atomic E-state index is -0.108. The number of hydrogen-bond donors (Lipinski definition) is 1. The molecule has 1 aliphatic heterocycles. The first-order chi connectivity index (χ1) is 13.7. The summed E-state index contributed by atoms with van der Waals surface area (Å²) in [6, 6.07) is 20.1. The summed E-state index contributed by atoms with van der Waals surface area (Å²) in [5, 5.41) is 3.95. The molecule has 1 fully saturated rings. The predicted octanol–water partition coefficient (Wildman–Crippen LogP) is 3.37. The highest BCUT2D eigenvalue weighted by Crippen LogP contribution is 2.25. The molecule has 1 N–H and O–H groups in total. The maximum absolute atomic E-state index is 12.5. The minimum absolute atomic E-state index is 0.101. The van der Waals surface area contributed by atoms with E-state index in [4.69, 9.17) is 0 Å². The normalized spacial score (nSPS) is 14.3. The monoisotopic (exact) mass is 393 g/mol. The predicted molar refractivity (Wildman–Crippen MR) is 114 cm³/mol. The molecular formula is C22H23N3O2S. The van der Waals surface area contributed by atoms with Crippen LogP contribution in [-0.4, -0.2) is 49.4 Å². The van der Waals surface area contributed by atoms with Gasteiger partial charge in [0.25, 0.3) is 5.91 Å². The van der Waals surface area contributed by atoms with Gasteiger partial charge in [0.05, 0.1) is 4.88 Å². The molecule has 144 valence electrons. The molecule has 6 heteroatoms. The summed E-state index contributed by atoms with van der Waals surface area (Å²) in [7, 11) is 0. The summed E-state index contributed by atoms with van der Waals surface area (Å²) in [5.74, 6) is -0.00718. The number of thiophene rings is 1. The quantitative estimate of drug-likeness (QED) is 0.723. The topological polar surface area (TPSA) is 52.7 Å². The molecule has 0 spiro atoms. The molecule has 0 aliphatic carbocycles. The van der Waals surface area contributed by atoms with Crippen LogP contribution in [0.15, 0.2) is 60.7 Å². The number of nitrogens with zero attached hydrogens (tertiary/aromatic N) is 2. The highest BCUT2D eigenvalue weighted by molar-refractivity contribution is 7.20. The smallest absolute Gasteiger partial charge is 0.261 e. The summed E-state index contributed by atoms with van der Waals surface area (Å²) in [6.45, 7) is 3.48. The fourth-order valence-electron chi connectivity index (χ4n) is 3.47. The fourth-order valence-corrected chi connectivity index (χ4v) is 4.45. The zero-order chi connectivity index (χ0) is 19.3. The molecule has 1 saturated heterocycles. The van der Waals surface area contributed by atoms with Crippen LogP contribution < -0.4 is 10.2 Å². The third-order valence-electron chi connectivity index (χ3n) is 5.03. The lowest BCUT2D eigenvalue weighted by atomic mass is 10.2. The molecule has 2 aromatic carbocycles. The Morgan fingerprint density at radius 2 is 1.64 bits per heavy atom. The molecule has 1 aromatic heterocycles. The summed E-state index contributed by atoms with van der Waals surface area (Å²) < 4.78 is 1.10. The fraction of sp³-hybridized carbons (Fsp3) is 0.273. The van der Waals surface area contributed by atoms with Crippen LogP contribution in [0.4, 0.5) is 5.69 Å². The van der Waals surface area contributed by atoms with Crippen molar-refractivity contribution in [1.82, 2.24) is 10.2 Å². The lowest BCUT2D eigenvalue weighted by molar-refractivity contribution is -0.131. The number of piperazine rings is 1. The van der Waals surface area contributed by atoms with Gasteiger partial charge < -0.3 is 15.1 Å². The van der Waals surface area contributed by atoms with Crippen molar-refractivity contribution >= 4 is 38.9 Å². The zero-order valence-corrected chi connectivity index (χ0v) is 16.5. The summed E-state index contributed by atoms with van der Waals surface area (Å²) in [6.07, 6.45) is 0.335. The van der Waals surface area contributed by atoms with Crippen molar-refractivity contribution in [3.8, 4) is 0 Å². The van der Waals surface area contributed by atoms with Crippen LogP contribution in [0.2, 0.25) is 0 Å². The second-order valence-electron chi connectivity index (χ2n) is 6.86. The average Bonchev–Trinajstić information content (AvgIpc) is 3.19. The van der Waals surface area contributed by atoms with E-state index >= 15 is 0 Å². The van der Waals surface area contributed by atoms with E-state index in [-0.39, 0.29) is 11.8 Å². The third kappa shape index (κ3) is 4.17. The van der Waals surface area contributed by atoms with Gasteiger partial charge in [0, 0.05) is 49.5 Å². The maximum atomic E-state index is 12.5. The Kier molecular flexibility index (Phi) is 5.58. The summed E-state index contributed by atoms with van der Waals surface area (Å²) in [4.78, 5) is 29.7. The molecule has 28 heavy (non-hydrogen) atoms. The van der Waals surface area contributed by atoms with Crippen LogP contribution in [0, 0.1) is 0 Å². The minimum Gasteiger partial charge on any atom is -0.368 e. The Labute approximate surface area is 168 Å². The summed E-state index contributed by atoms with van der Waals surface area (Å²) >= 11 is 1.48. The number of anilines is 1. The van der Waals surface area contributed by atoms with Gasteiger partial charge >= 0.3 is 0 Å². The molecule has 0 saturated carbocycles. The molecule has 1 aliphatic rings. The number of hydrogen-bond acceptors (Lipinski definition) is 4. The van der Waals surface area contributed by atoms with Crippen LogP contribution in [0.5, 0.6) is 0 Å². The Balaban J connectivity index is 1.23. The highest BCUT2D eigenvalue weighted by Gasteiger charge is 2.21. The molecule has 4 rings (SSSR count). The van der Waals surface area contributed by atoms with Crippen LogP contribution in [0.3, 0.4) is 0 Å². The number of rotatable bonds is 5. The molecule has 5 nitrogen and oxygen atoms in total. The first kappa shape index (κ1) is 18.5. The van der Waals surface area contributed by atoms with Gasteiger partial charge in [-0.25, -0.2) is 0 Å². The van der Waals surface area contributed by atoms with Crippen LogP contribution in [0.1, 0.15) is 16.1 Å². The van der Waals surface area contributed by atoms with Gasteiger partial charge in [-0.15, -0.1) is 11.3 Å². The van der Waals surface area contributed by atoms with Gasteiger partial charge in [-0.3, -0.25) is 9.59 Å². The SMILES string of the molecule is O=C(NCCC(=O)N1CCN(c2ccccc2)CC1)c1cc2ccccc2s1. The van der Waals surface area contributed by atoms with Crippen molar-refractivity contribution in [1.29, 1.82) is 0 Å². The van der Waals surface area contributed by atoms with E-state index in [0.29, 0.717) is 17.8 Å². The van der Waals surface area contributed by atoms with E-state index in [1.807, 2.05) is 53.4 Å². The van der Waals surface area contributed by atoms with E-state index in [1.165, 1.54) is 17.0 Å². The van der Waals surface area contributed by atoms with E-state index in [2.05, 4.69) is 22.3 Å². The largest absolute Gasteiger partial charge is 0.368 e. The lowest BCUT2D eigenvalue weighted by Gasteiger charge is -2.36. The second-order valence-corrected chi connectivity index (χ2v) is 7.94. The second kappa shape index (κ2) is 8.44. The molecule has 2 amide bonds. The zero-order valence-electron chi connectivity index (χ0n) is 15.6. The first-order valence-electron chi connectivity index (χ1n) is 9.55. The molecule has 0 bridgehead atoms. The lowest BCUT2D eigenvalue weighted by Crippen LogP contribution is -2.49. The molecule has 3 aromatic rings. The van der Waals surface area contributed by atoms with E-state index in [9.17, 15) is 9.59 Å². The number of nitrogens with one attached hydrogen (secondary N) is 1. The average molecular weight is 394 g/mol. The van der Waals surface area contributed by atoms with Crippen LogP contribution in [0.25, 0.3) is 10.1 Å². The Morgan fingerprint density at radius 3 is 2.39 bits per heavy atom. The van der Waals surface area contributed by atoms with Crippen molar-refractivity contribution in [2.24, 2.45) is 0 Å². The maximum Gasteiger partial charge on any atom is 0.261 e. The van der Waals surface area contributed by atoms with Gasteiger partial charge in [0.15, 0.2) is 0 Å². The van der Waals surface area contributed by atoms with Gasteiger partial charge in [0.1, 0.15) is 0 Å². The number of carbonyl (C=O) groups excluding carboxylic acids is 2. The van der Waals surface area contributed by atoms with Crippen molar-refractivity contribution < 1.29 is 9.59 Å². The molecule has 0 atom stereocenters. The number of fused-ring (bicyclic) bond motifs is 1. The van der Waals surface area contributed by atoms with Crippen molar-refractivity contribution in [3.05, 3.63) is 65.5 Å². The van der Waals surface area contributed by atoms with Crippen molar-refractivity contribution in [3.63, 3.8) is 0 Å².